The van der Waals surface area contributed by atoms with Crippen molar-refractivity contribution >= 4 is 23.4 Å². The molecular weight excluding hydrogens is 228 g/mol. The van der Waals surface area contributed by atoms with Crippen molar-refractivity contribution in [2.45, 2.75) is 19.4 Å². The number of hydrogen-bond acceptors (Lipinski definition) is 5. The van der Waals surface area contributed by atoms with Crippen LogP contribution in [0.5, 0.6) is 0 Å². The van der Waals surface area contributed by atoms with Gasteiger partial charge >= 0.3 is 0 Å². The average Bonchev–Trinajstić information content (AvgIpc) is 2.26. The molecule has 5 nitrogen and oxygen atoms in total. The van der Waals surface area contributed by atoms with E-state index in [1.54, 1.807) is 0 Å². The number of aromatic nitrogens is 2. The van der Waals surface area contributed by atoms with E-state index in [2.05, 4.69) is 9.97 Å². The molecule has 0 radical (unpaired) electrons. The Labute approximate surface area is 99.3 Å². The van der Waals surface area contributed by atoms with Crippen molar-refractivity contribution in [1.82, 2.24) is 9.97 Å². The standard InChI is InChI=1S/C10H15ClN4O/c1-6-2-3-15(5-8(6)16)9-7(11)4-13-10(12)14-9/h4,6,8,16H,2-3,5H2,1H3,(H2,12,13,14). The van der Waals surface area contributed by atoms with Crippen LogP contribution in [0.15, 0.2) is 6.20 Å². The van der Waals surface area contributed by atoms with Gasteiger partial charge in [0.05, 0.1) is 12.3 Å². The number of rotatable bonds is 1. The molecule has 1 saturated heterocycles. The Hall–Kier alpha value is -1.07. The van der Waals surface area contributed by atoms with Crippen LogP contribution in [0, 0.1) is 5.92 Å². The van der Waals surface area contributed by atoms with Crippen molar-refractivity contribution in [2.75, 3.05) is 23.7 Å². The molecule has 1 aliphatic heterocycles. The molecule has 3 N–H and O–H groups in total. The van der Waals surface area contributed by atoms with Gasteiger partial charge in [0.2, 0.25) is 5.95 Å². The largest absolute Gasteiger partial charge is 0.391 e. The van der Waals surface area contributed by atoms with Gasteiger partial charge in [0.15, 0.2) is 5.82 Å². The van der Waals surface area contributed by atoms with Crippen molar-refractivity contribution in [3.63, 3.8) is 0 Å². The van der Waals surface area contributed by atoms with Crippen LogP contribution in [-0.4, -0.2) is 34.3 Å². The Morgan fingerprint density at radius 1 is 1.62 bits per heavy atom. The Kier molecular flexibility index (Phi) is 3.16. The van der Waals surface area contributed by atoms with Crippen molar-refractivity contribution in [3.8, 4) is 0 Å². The first-order valence-corrected chi connectivity index (χ1v) is 5.66. The minimum atomic E-state index is -0.346. The molecule has 1 aliphatic rings. The molecule has 1 fully saturated rings. The molecule has 0 saturated carbocycles. The number of nitrogen functional groups attached to an aromatic ring is 1. The summed E-state index contributed by atoms with van der Waals surface area (Å²) in [4.78, 5) is 9.87. The van der Waals surface area contributed by atoms with Gasteiger partial charge < -0.3 is 15.7 Å². The molecule has 1 aromatic heterocycles. The number of piperidine rings is 1. The Balaban J connectivity index is 2.21. The van der Waals surface area contributed by atoms with Gasteiger partial charge in [0.1, 0.15) is 5.02 Å². The van der Waals surface area contributed by atoms with E-state index in [0.717, 1.165) is 13.0 Å². The summed E-state index contributed by atoms with van der Waals surface area (Å²) < 4.78 is 0. The Bertz CT molecular complexity index is 387. The van der Waals surface area contributed by atoms with Crippen LogP contribution < -0.4 is 10.6 Å². The third-order valence-electron chi connectivity index (χ3n) is 2.96. The number of aliphatic hydroxyl groups excluding tert-OH is 1. The highest BCUT2D eigenvalue weighted by molar-refractivity contribution is 6.32. The number of halogens is 1. The summed E-state index contributed by atoms with van der Waals surface area (Å²) in [5, 5.41) is 10.3. The molecule has 2 unspecified atom stereocenters. The summed E-state index contributed by atoms with van der Waals surface area (Å²) in [6.45, 7) is 3.41. The monoisotopic (exact) mass is 242 g/mol. The van der Waals surface area contributed by atoms with E-state index < -0.39 is 0 Å². The lowest BCUT2D eigenvalue weighted by Crippen LogP contribution is -2.43. The van der Waals surface area contributed by atoms with E-state index in [-0.39, 0.29) is 12.1 Å². The summed E-state index contributed by atoms with van der Waals surface area (Å²) in [7, 11) is 0. The highest BCUT2D eigenvalue weighted by atomic mass is 35.5. The molecule has 0 aliphatic carbocycles. The molecule has 16 heavy (non-hydrogen) atoms. The normalized spacial score (nSPS) is 25.8. The van der Waals surface area contributed by atoms with Gasteiger partial charge in [0, 0.05) is 13.1 Å². The maximum atomic E-state index is 9.81. The van der Waals surface area contributed by atoms with Crippen LogP contribution in [0.3, 0.4) is 0 Å². The molecule has 0 bridgehead atoms. The molecule has 88 valence electrons. The van der Waals surface area contributed by atoms with Crippen LogP contribution in [0.4, 0.5) is 11.8 Å². The van der Waals surface area contributed by atoms with Crippen molar-refractivity contribution in [2.24, 2.45) is 5.92 Å². The number of nitrogens with zero attached hydrogens (tertiary/aromatic N) is 3. The van der Waals surface area contributed by atoms with Gasteiger partial charge in [-0.15, -0.1) is 0 Å². The molecule has 6 heteroatoms. The highest BCUT2D eigenvalue weighted by Gasteiger charge is 2.26. The van der Waals surface area contributed by atoms with Crippen LogP contribution >= 0.6 is 11.6 Å². The van der Waals surface area contributed by atoms with E-state index >= 15 is 0 Å². The predicted octanol–water partition coefficient (Wildman–Crippen LogP) is 0.919. The zero-order valence-corrected chi connectivity index (χ0v) is 9.85. The maximum absolute atomic E-state index is 9.81. The van der Waals surface area contributed by atoms with Gasteiger partial charge in [0.25, 0.3) is 0 Å². The number of anilines is 2. The summed E-state index contributed by atoms with van der Waals surface area (Å²) in [6, 6.07) is 0. The summed E-state index contributed by atoms with van der Waals surface area (Å²) >= 11 is 6.01. The summed E-state index contributed by atoms with van der Waals surface area (Å²) in [6.07, 6.45) is 2.06. The Morgan fingerprint density at radius 2 is 2.38 bits per heavy atom. The van der Waals surface area contributed by atoms with Crippen molar-refractivity contribution < 1.29 is 5.11 Å². The molecule has 2 heterocycles. The van der Waals surface area contributed by atoms with Gasteiger partial charge in [-0.1, -0.05) is 18.5 Å². The molecule has 0 aromatic carbocycles. The van der Waals surface area contributed by atoms with E-state index in [1.807, 2.05) is 11.8 Å². The lowest BCUT2D eigenvalue weighted by molar-refractivity contribution is 0.102. The van der Waals surface area contributed by atoms with Gasteiger partial charge in [-0.05, 0) is 12.3 Å². The summed E-state index contributed by atoms with van der Waals surface area (Å²) in [5.41, 5.74) is 5.53. The second-order valence-electron chi connectivity index (χ2n) is 4.18. The van der Waals surface area contributed by atoms with Crippen LogP contribution in [-0.2, 0) is 0 Å². The number of hydrogen-bond donors (Lipinski definition) is 2. The fourth-order valence-corrected chi connectivity index (χ4v) is 2.04. The fraction of sp³-hybridized carbons (Fsp3) is 0.600. The number of nitrogens with two attached hydrogens (primary N) is 1. The smallest absolute Gasteiger partial charge is 0.222 e. The lowest BCUT2D eigenvalue weighted by atomic mass is 9.96. The topological polar surface area (TPSA) is 75.3 Å². The number of aliphatic hydroxyl groups is 1. The zero-order valence-electron chi connectivity index (χ0n) is 9.10. The molecule has 0 amide bonds. The molecule has 1 aromatic rings. The second-order valence-corrected chi connectivity index (χ2v) is 4.59. The molecule has 2 rings (SSSR count). The number of β-amino-alcohol motifs (C(OH)–C–C–N with tert-alkyl or cyclic N) is 1. The van der Waals surface area contributed by atoms with Crippen molar-refractivity contribution in [3.05, 3.63) is 11.2 Å². The van der Waals surface area contributed by atoms with Gasteiger partial charge in [-0.2, -0.15) is 4.98 Å². The zero-order chi connectivity index (χ0) is 11.7. The second kappa shape index (κ2) is 4.43. The van der Waals surface area contributed by atoms with E-state index in [4.69, 9.17) is 17.3 Å². The first-order chi connectivity index (χ1) is 7.58. The first kappa shape index (κ1) is 11.4. The van der Waals surface area contributed by atoms with Crippen molar-refractivity contribution in [1.29, 1.82) is 0 Å². The SMILES string of the molecule is CC1CCN(c2nc(N)ncc2Cl)CC1O. The van der Waals surface area contributed by atoms with E-state index in [1.165, 1.54) is 6.20 Å². The third-order valence-corrected chi connectivity index (χ3v) is 3.23. The minimum Gasteiger partial charge on any atom is -0.391 e. The van der Waals surface area contributed by atoms with Crippen LogP contribution in [0.1, 0.15) is 13.3 Å². The fourth-order valence-electron chi connectivity index (χ4n) is 1.83. The van der Waals surface area contributed by atoms with E-state index in [0.29, 0.717) is 23.3 Å². The van der Waals surface area contributed by atoms with Crippen LogP contribution in [0.25, 0.3) is 0 Å². The highest BCUT2D eigenvalue weighted by Crippen LogP contribution is 2.27. The quantitative estimate of drug-likeness (QED) is 0.766. The van der Waals surface area contributed by atoms with Gasteiger partial charge in [-0.25, -0.2) is 4.98 Å². The first-order valence-electron chi connectivity index (χ1n) is 5.29. The van der Waals surface area contributed by atoms with Gasteiger partial charge in [-0.3, -0.25) is 0 Å². The lowest BCUT2D eigenvalue weighted by Gasteiger charge is -2.35. The predicted molar refractivity (Wildman–Crippen MR) is 63.5 cm³/mol. The molecule has 2 atom stereocenters. The minimum absolute atomic E-state index is 0.201. The summed E-state index contributed by atoms with van der Waals surface area (Å²) in [5.74, 6) is 1.13. The van der Waals surface area contributed by atoms with E-state index in [9.17, 15) is 5.11 Å². The van der Waals surface area contributed by atoms with Crippen LogP contribution in [0.2, 0.25) is 5.02 Å². The average molecular weight is 243 g/mol. The molecular formula is C10H15ClN4O. The maximum Gasteiger partial charge on any atom is 0.222 e. The molecule has 0 spiro atoms. The Morgan fingerprint density at radius 3 is 3.06 bits per heavy atom. The third kappa shape index (κ3) is 2.20.